The Morgan fingerprint density at radius 1 is 1.21 bits per heavy atom. The summed E-state index contributed by atoms with van der Waals surface area (Å²) in [5, 5.41) is 2.24. The molecule has 0 aliphatic carbocycles. The van der Waals surface area contributed by atoms with Crippen LogP contribution in [0.3, 0.4) is 0 Å². The molecular formula is C21H16ClF3N2O2. The van der Waals surface area contributed by atoms with Crippen molar-refractivity contribution in [3.8, 4) is 16.9 Å². The summed E-state index contributed by atoms with van der Waals surface area (Å²) in [5.74, 6) is -0.431. The van der Waals surface area contributed by atoms with Gasteiger partial charge < -0.3 is 9.64 Å². The summed E-state index contributed by atoms with van der Waals surface area (Å²) in [5.41, 5.74) is 2.40. The van der Waals surface area contributed by atoms with Gasteiger partial charge in [0, 0.05) is 34.9 Å². The molecule has 0 saturated heterocycles. The van der Waals surface area contributed by atoms with E-state index in [2.05, 4.69) is 4.98 Å². The summed E-state index contributed by atoms with van der Waals surface area (Å²) in [6.07, 6.45) is -0.773. The highest BCUT2D eigenvalue weighted by Gasteiger charge is 2.37. The van der Waals surface area contributed by atoms with Crippen LogP contribution in [0.15, 0.2) is 42.7 Å². The molecule has 1 aliphatic heterocycles. The van der Waals surface area contributed by atoms with Gasteiger partial charge in [0.2, 0.25) is 0 Å². The molecule has 4 nitrogen and oxygen atoms in total. The number of nitrogens with zero attached hydrogens (tertiary/aromatic N) is 2. The SMILES string of the molecule is COc1cc(-c2cncc3c(Cl)cccc23)cc2c1C(=O)N(CC(F)(F)F)CC2. The van der Waals surface area contributed by atoms with Crippen molar-refractivity contribution in [3.63, 3.8) is 0 Å². The molecule has 1 amide bonds. The maximum Gasteiger partial charge on any atom is 0.406 e. The van der Waals surface area contributed by atoms with E-state index in [1.54, 1.807) is 24.5 Å². The number of pyridine rings is 1. The molecule has 1 aromatic heterocycles. The highest BCUT2D eigenvalue weighted by atomic mass is 35.5. The molecule has 0 bridgehead atoms. The summed E-state index contributed by atoms with van der Waals surface area (Å²) in [6, 6.07) is 9.00. The third kappa shape index (κ3) is 3.62. The van der Waals surface area contributed by atoms with Crippen LogP contribution in [-0.2, 0) is 6.42 Å². The van der Waals surface area contributed by atoms with Crippen molar-refractivity contribution in [2.24, 2.45) is 0 Å². The molecule has 2 heterocycles. The molecule has 2 aromatic carbocycles. The van der Waals surface area contributed by atoms with Gasteiger partial charge in [-0.25, -0.2) is 0 Å². The first-order chi connectivity index (χ1) is 13.8. The van der Waals surface area contributed by atoms with Crippen LogP contribution in [0.1, 0.15) is 15.9 Å². The van der Waals surface area contributed by atoms with Crippen molar-refractivity contribution in [1.29, 1.82) is 0 Å². The van der Waals surface area contributed by atoms with Gasteiger partial charge in [0.05, 0.1) is 12.7 Å². The van der Waals surface area contributed by atoms with Gasteiger partial charge >= 0.3 is 6.18 Å². The number of ether oxygens (including phenoxy) is 1. The lowest BCUT2D eigenvalue weighted by Crippen LogP contribution is -2.43. The number of rotatable bonds is 3. The molecule has 8 heteroatoms. The van der Waals surface area contributed by atoms with Crippen LogP contribution in [0.2, 0.25) is 5.02 Å². The fraction of sp³-hybridized carbons (Fsp3) is 0.238. The van der Waals surface area contributed by atoms with E-state index in [1.807, 2.05) is 18.2 Å². The van der Waals surface area contributed by atoms with E-state index in [0.717, 1.165) is 26.8 Å². The topological polar surface area (TPSA) is 42.4 Å². The summed E-state index contributed by atoms with van der Waals surface area (Å²) in [4.78, 5) is 17.8. The lowest BCUT2D eigenvalue weighted by atomic mass is 9.92. The average molecular weight is 421 g/mol. The van der Waals surface area contributed by atoms with E-state index in [4.69, 9.17) is 16.3 Å². The minimum absolute atomic E-state index is 0.00241. The number of alkyl halides is 3. The molecule has 0 radical (unpaired) electrons. The third-order valence-electron chi connectivity index (χ3n) is 4.99. The van der Waals surface area contributed by atoms with Gasteiger partial charge in [0.25, 0.3) is 5.91 Å². The number of carbonyl (C=O) groups excluding carboxylic acids is 1. The Morgan fingerprint density at radius 3 is 2.72 bits per heavy atom. The quantitative estimate of drug-likeness (QED) is 0.590. The van der Waals surface area contributed by atoms with Crippen molar-refractivity contribution in [3.05, 3.63) is 58.9 Å². The van der Waals surface area contributed by atoms with Gasteiger partial charge in [-0.15, -0.1) is 0 Å². The number of benzene rings is 2. The minimum Gasteiger partial charge on any atom is -0.496 e. The molecule has 0 N–H and O–H groups in total. The zero-order valence-corrected chi connectivity index (χ0v) is 16.1. The number of hydrogen-bond acceptors (Lipinski definition) is 3. The average Bonchev–Trinajstić information content (AvgIpc) is 2.68. The van der Waals surface area contributed by atoms with Crippen LogP contribution in [0.5, 0.6) is 5.75 Å². The molecule has 0 saturated carbocycles. The lowest BCUT2D eigenvalue weighted by Gasteiger charge is -2.30. The second kappa shape index (κ2) is 7.22. The Morgan fingerprint density at radius 2 is 2.00 bits per heavy atom. The van der Waals surface area contributed by atoms with Gasteiger partial charge in [-0.1, -0.05) is 23.7 Å². The molecule has 150 valence electrons. The van der Waals surface area contributed by atoms with E-state index in [1.165, 1.54) is 7.11 Å². The predicted molar refractivity (Wildman–Crippen MR) is 104 cm³/mol. The monoisotopic (exact) mass is 420 g/mol. The van der Waals surface area contributed by atoms with Gasteiger partial charge in [0.15, 0.2) is 0 Å². The van der Waals surface area contributed by atoms with E-state index in [0.29, 0.717) is 17.0 Å². The minimum atomic E-state index is -4.45. The van der Waals surface area contributed by atoms with Gasteiger partial charge in [0.1, 0.15) is 12.3 Å². The van der Waals surface area contributed by atoms with Crippen molar-refractivity contribution >= 4 is 28.3 Å². The molecule has 0 atom stereocenters. The smallest absolute Gasteiger partial charge is 0.406 e. The van der Waals surface area contributed by atoms with Gasteiger partial charge in [-0.2, -0.15) is 13.2 Å². The summed E-state index contributed by atoms with van der Waals surface area (Å²) >= 11 is 6.27. The fourth-order valence-electron chi connectivity index (χ4n) is 3.70. The van der Waals surface area contributed by atoms with Crippen LogP contribution in [0, 0.1) is 0 Å². The Hall–Kier alpha value is -2.80. The summed E-state index contributed by atoms with van der Waals surface area (Å²) in [6.45, 7) is -1.28. The fourth-order valence-corrected chi connectivity index (χ4v) is 3.92. The van der Waals surface area contributed by atoms with E-state index in [9.17, 15) is 18.0 Å². The number of amides is 1. The Balaban J connectivity index is 1.83. The van der Waals surface area contributed by atoms with E-state index in [-0.39, 0.29) is 17.9 Å². The Bertz CT molecular complexity index is 1100. The molecule has 0 spiro atoms. The zero-order chi connectivity index (χ0) is 20.8. The summed E-state index contributed by atoms with van der Waals surface area (Å²) in [7, 11) is 1.40. The van der Waals surface area contributed by atoms with E-state index >= 15 is 0 Å². The van der Waals surface area contributed by atoms with Crippen LogP contribution in [0.25, 0.3) is 21.9 Å². The van der Waals surface area contributed by atoms with Crippen molar-refractivity contribution < 1.29 is 22.7 Å². The first-order valence-corrected chi connectivity index (χ1v) is 9.26. The largest absolute Gasteiger partial charge is 0.496 e. The molecule has 3 aromatic rings. The molecule has 0 unspecified atom stereocenters. The predicted octanol–water partition coefficient (Wildman–Crippen LogP) is 5.12. The summed E-state index contributed by atoms with van der Waals surface area (Å²) < 4.78 is 43.8. The second-order valence-corrected chi connectivity index (χ2v) is 7.23. The molecule has 1 aliphatic rings. The first kappa shape index (κ1) is 19.5. The molecular weight excluding hydrogens is 405 g/mol. The van der Waals surface area contributed by atoms with E-state index < -0.39 is 18.6 Å². The van der Waals surface area contributed by atoms with Crippen molar-refractivity contribution in [2.45, 2.75) is 12.6 Å². The van der Waals surface area contributed by atoms with Crippen LogP contribution in [0.4, 0.5) is 13.2 Å². The number of methoxy groups -OCH3 is 1. The van der Waals surface area contributed by atoms with Crippen LogP contribution in [-0.4, -0.2) is 42.2 Å². The second-order valence-electron chi connectivity index (χ2n) is 6.83. The number of halogens is 4. The van der Waals surface area contributed by atoms with Crippen LogP contribution >= 0.6 is 11.6 Å². The van der Waals surface area contributed by atoms with Gasteiger partial charge in [-0.05, 0) is 41.1 Å². The Labute approximate surface area is 169 Å². The van der Waals surface area contributed by atoms with Crippen molar-refractivity contribution in [1.82, 2.24) is 9.88 Å². The maximum absolute atomic E-state index is 12.8. The highest BCUT2D eigenvalue weighted by Crippen LogP contribution is 2.37. The first-order valence-electron chi connectivity index (χ1n) is 8.88. The van der Waals surface area contributed by atoms with Crippen molar-refractivity contribution in [2.75, 3.05) is 20.2 Å². The number of carbonyl (C=O) groups is 1. The molecule has 4 rings (SSSR count). The normalized spacial score (nSPS) is 14.2. The lowest BCUT2D eigenvalue weighted by molar-refractivity contribution is -0.141. The zero-order valence-electron chi connectivity index (χ0n) is 15.4. The third-order valence-corrected chi connectivity index (χ3v) is 5.32. The van der Waals surface area contributed by atoms with Crippen LogP contribution < -0.4 is 4.74 Å². The number of hydrogen-bond donors (Lipinski definition) is 0. The standard InChI is InChI=1S/C21H16ClF3N2O2/c1-29-18-8-13(15-9-26-10-16-14(15)3-2-4-17(16)22)7-12-5-6-27(11-21(23,24)25)20(28)19(12)18/h2-4,7-10H,5-6,11H2,1H3. The molecule has 29 heavy (non-hydrogen) atoms. The van der Waals surface area contributed by atoms with Gasteiger partial charge in [-0.3, -0.25) is 9.78 Å². The highest BCUT2D eigenvalue weighted by molar-refractivity contribution is 6.35. The maximum atomic E-state index is 12.8. The Kier molecular flexibility index (Phi) is 4.86. The number of aromatic nitrogens is 1. The number of fused-ring (bicyclic) bond motifs is 2. The molecule has 0 fully saturated rings.